The minimum Gasteiger partial charge on any atom is -0.457 e. The van der Waals surface area contributed by atoms with Gasteiger partial charge in [0.05, 0.1) is 140 Å². The fourth-order valence-electron chi connectivity index (χ4n) is 11.5. The molecule has 2 aliphatic heterocycles. The Morgan fingerprint density at radius 1 is 0.718 bits per heavy atom. The number of pyridine rings is 2. The smallest absolute Gasteiger partial charge is 0.457 e. The van der Waals surface area contributed by atoms with Crippen LogP contribution < -0.4 is 37.9 Å². The number of sulfone groups is 1. The number of nitrogens with two attached hydrogens (primary N) is 1. The molecule has 5 aromatic rings. The number of anilines is 1. The van der Waals surface area contributed by atoms with Crippen molar-refractivity contribution in [3.63, 3.8) is 0 Å². The van der Waals surface area contributed by atoms with Crippen molar-refractivity contribution in [2.45, 2.75) is 108 Å². The van der Waals surface area contributed by atoms with E-state index in [1.807, 2.05) is 42.4 Å². The van der Waals surface area contributed by atoms with E-state index in [1.54, 1.807) is 35.9 Å². The number of para-hydroxylation sites is 1. The molecule has 0 radical (unpaired) electrons. The van der Waals surface area contributed by atoms with Gasteiger partial charge in [-0.05, 0) is 87.2 Å². The number of unbranched alkanes of at least 4 members (excludes halogenated alkanes) is 1. The van der Waals surface area contributed by atoms with E-state index >= 15 is 0 Å². The van der Waals surface area contributed by atoms with E-state index in [9.17, 15) is 51.0 Å². The van der Waals surface area contributed by atoms with Crippen LogP contribution >= 0.6 is 0 Å². The zero-order chi connectivity index (χ0) is 79.3. The van der Waals surface area contributed by atoms with Crippen LogP contribution in [-0.2, 0) is 132 Å². The minimum atomic E-state index is -3.47. The minimum absolute atomic E-state index is 0.0557. The Morgan fingerprint density at radius 3 is 1.85 bits per heavy atom. The lowest BCUT2D eigenvalue weighted by molar-refractivity contribution is -0.175. The van der Waals surface area contributed by atoms with E-state index in [0.29, 0.717) is 165 Å². The first kappa shape index (κ1) is 88.1. The van der Waals surface area contributed by atoms with Crippen LogP contribution in [0.15, 0.2) is 76.9 Å². The van der Waals surface area contributed by atoms with Gasteiger partial charge in [-0.25, -0.2) is 42.1 Å². The maximum Gasteiger partial charge on any atom is 0.510 e. The van der Waals surface area contributed by atoms with Crippen LogP contribution in [-0.4, -0.2) is 254 Å². The van der Waals surface area contributed by atoms with Crippen LogP contribution in [0.2, 0.25) is 0 Å². The third-order valence-electron chi connectivity index (χ3n) is 16.9. The predicted molar refractivity (Wildman–Crippen MR) is 403 cm³/mol. The first-order valence-electron chi connectivity index (χ1n) is 36.1. The summed E-state index contributed by atoms with van der Waals surface area (Å²) >= 11 is 0. The van der Waals surface area contributed by atoms with Crippen molar-refractivity contribution in [2.75, 3.05) is 163 Å². The average Bonchev–Trinajstić information content (AvgIpc) is 1.52. The van der Waals surface area contributed by atoms with E-state index < -0.39 is 85.8 Å². The number of amides is 6. The highest BCUT2D eigenvalue weighted by Gasteiger charge is 2.51. The van der Waals surface area contributed by atoms with Crippen molar-refractivity contribution in [1.82, 2.24) is 45.1 Å². The number of fused-ring (bicyclic) bond motifs is 5. The molecule has 0 saturated heterocycles. The van der Waals surface area contributed by atoms with Crippen molar-refractivity contribution in [3.8, 4) is 23.2 Å². The summed E-state index contributed by atoms with van der Waals surface area (Å²) in [4.78, 5) is 117. The van der Waals surface area contributed by atoms with E-state index in [0.717, 1.165) is 22.8 Å². The van der Waals surface area contributed by atoms with Crippen LogP contribution in [0.4, 0.5) is 15.3 Å². The number of hydrogen-bond donors (Lipinski definition) is 6. The van der Waals surface area contributed by atoms with Gasteiger partial charge in [-0.2, -0.15) is 0 Å². The molecule has 2 aromatic carbocycles. The van der Waals surface area contributed by atoms with Crippen molar-refractivity contribution >= 4 is 83.8 Å². The lowest BCUT2D eigenvalue weighted by atomic mass is 9.85. The Labute approximate surface area is 639 Å². The third-order valence-corrected chi connectivity index (χ3v) is 19.4. The Hall–Kier alpha value is -9.10. The first-order valence-corrected chi connectivity index (χ1v) is 40.1. The Kier molecular flexibility index (Phi) is 36.8. The molecule has 0 aliphatic carbocycles. The molecule has 7 N–H and O–H groups in total. The van der Waals surface area contributed by atoms with Crippen molar-refractivity contribution in [3.05, 3.63) is 111 Å². The number of nitrogens with one attached hydrogen (secondary N) is 5. The highest BCUT2D eigenvalue weighted by Crippen LogP contribution is 2.42. The summed E-state index contributed by atoms with van der Waals surface area (Å²) in [5.41, 5.74) is 7.63. The monoisotopic (exact) mass is 1580 g/mol. The number of urea groups is 1. The number of aromatic nitrogens is 4. The van der Waals surface area contributed by atoms with Crippen LogP contribution in [0.1, 0.15) is 92.7 Å². The fraction of sp³-hybridized carbons (Fsp3) is 0.541. The van der Waals surface area contributed by atoms with Gasteiger partial charge in [-0.15, -0.1) is 0 Å². The average molecular weight is 1580 g/mol. The van der Waals surface area contributed by atoms with Gasteiger partial charge in [0, 0.05) is 102 Å². The van der Waals surface area contributed by atoms with Gasteiger partial charge in [0.15, 0.2) is 0 Å². The van der Waals surface area contributed by atoms with Gasteiger partial charge in [-0.3, -0.25) is 28.2 Å². The summed E-state index contributed by atoms with van der Waals surface area (Å²) in [6, 6.07) is 13.5. The second-order valence-corrected chi connectivity index (χ2v) is 29.9. The SMILES string of the molecule is C=S(C)(=O)N(CCc1c2c(nc3ccccc13)-c1cc3c(c(=O)n1C2)COC(=O)[C@@]3(CC)OC(=O)OCc1ccc(NC(=O)[C@H](CCCNC(N)=O)NC(=O)COCC(=O)NCCOCCOCCOCCOCCOCCOCCOCCOCCNC(=O)CCCC#Cc2cnc(S(C)(=O)=O)nc2)cc1)C(C)C. The maximum absolute atomic E-state index is 14.5. The lowest BCUT2D eigenvalue weighted by Gasteiger charge is -2.35. The Morgan fingerprint density at radius 2 is 1.29 bits per heavy atom. The number of nitrogens with zero attached hydrogens (tertiary/aromatic N) is 5. The van der Waals surface area contributed by atoms with Gasteiger partial charge in [0.1, 0.15) is 32.5 Å². The highest BCUT2D eigenvalue weighted by atomic mass is 32.2. The normalized spacial score (nSPS) is 14.4. The van der Waals surface area contributed by atoms with Crippen LogP contribution in [0.25, 0.3) is 22.3 Å². The number of ether oxygens (including phenoxy) is 12. The summed E-state index contributed by atoms with van der Waals surface area (Å²) in [6.45, 7) is 10.8. The third kappa shape index (κ3) is 29.0. The summed E-state index contributed by atoms with van der Waals surface area (Å²) in [6.07, 6.45) is 6.16. The quantitative estimate of drug-likeness (QED) is 0.0105. The number of hydrogen-bond acceptors (Lipinski definition) is 26. The van der Waals surface area contributed by atoms with E-state index in [2.05, 4.69) is 54.3 Å². The fourth-order valence-corrected chi connectivity index (χ4v) is 13.4. The molecule has 7 rings (SSSR count). The van der Waals surface area contributed by atoms with Gasteiger partial charge in [-0.1, -0.05) is 49.1 Å². The van der Waals surface area contributed by atoms with Crippen molar-refractivity contribution in [1.29, 1.82) is 0 Å². The number of benzene rings is 2. The molecule has 5 heterocycles. The number of carbonyl (C=O) groups is 7. The van der Waals surface area contributed by atoms with Crippen molar-refractivity contribution < 1.29 is 103 Å². The van der Waals surface area contributed by atoms with Crippen molar-refractivity contribution in [2.24, 2.45) is 5.73 Å². The molecule has 6 amide bonds. The molecular weight excluding hydrogens is 1480 g/mol. The summed E-state index contributed by atoms with van der Waals surface area (Å²) in [7, 11) is -6.02. The van der Waals surface area contributed by atoms with Gasteiger partial charge in [0.2, 0.25) is 44.2 Å². The van der Waals surface area contributed by atoms with E-state index in [-0.39, 0.29) is 93.6 Å². The van der Waals surface area contributed by atoms with Gasteiger partial charge < -0.3 is 93.7 Å². The molecule has 3 aromatic heterocycles. The molecule has 36 heteroatoms. The molecule has 34 nitrogen and oxygen atoms in total. The Balaban J connectivity index is 0.689. The number of esters is 1. The standard InChI is InChI=1S/C74H101N11O23S2/c1-7-74(60-44-63-67-58(47-84(63)69(90)59(60)49-106-70(74)91)56(57-15-11-12-16-61(57)83-67)23-27-85(52(2)3)109(4,5)94)108-73(93)107-48-53-19-21-55(22-20-53)81-68(89)62(17-13-24-78-71(75)92)82-66(88)51-105-50-65(87)77-26-29-98-31-33-100-35-37-102-39-41-104-43-42-103-40-38-101-36-34-99-32-30-97-28-25-76-64(86)18-10-8-9-14-54-45-79-72(80-46-54)110(6,95)96/h11-12,15-16,19-22,44-46,52,62H,4,7-8,10,13,17-18,23-43,47-51H2,1-3,5-6H3,(H,76,86)(H,77,87)(H,81,89)(H,82,88)(H3,75,78,92)/t62-,74-,109?/m0/s1. The number of carbonyl (C=O) groups excluding carboxylic acids is 7. The predicted octanol–water partition coefficient (Wildman–Crippen LogP) is 2.62. The summed E-state index contributed by atoms with van der Waals surface area (Å²) < 4.78 is 106. The molecule has 2 aliphatic rings. The summed E-state index contributed by atoms with van der Waals surface area (Å²) in [5.74, 6) is 6.89. The molecule has 602 valence electrons. The summed E-state index contributed by atoms with van der Waals surface area (Å²) in [5, 5.41) is 13.8. The van der Waals surface area contributed by atoms with E-state index in [4.69, 9.17) is 67.6 Å². The van der Waals surface area contributed by atoms with Crippen LogP contribution in [0, 0.1) is 11.8 Å². The van der Waals surface area contributed by atoms with Crippen LogP contribution in [0.5, 0.6) is 0 Å². The molecular formula is C74H101N11O23S2. The highest BCUT2D eigenvalue weighted by molar-refractivity contribution is 7.97. The molecule has 3 atom stereocenters. The number of primary amides is 1. The zero-order valence-corrected chi connectivity index (χ0v) is 64.5. The molecule has 1 unspecified atom stereocenters. The number of cyclic esters (lactones) is 1. The molecule has 110 heavy (non-hydrogen) atoms. The van der Waals surface area contributed by atoms with Gasteiger partial charge >= 0.3 is 18.2 Å². The van der Waals surface area contributed by atoms with Crippen LogP contribution in [0.3, 0.4) is 0 Å². The number of rotatable bonds is 51. The van der Waals surface area contributed by atoms with E-state index in [1.165, 1.54) is 24.5 Å². The van der Waals surface area contributed by atoms with Gasteiger partial charge in [0.25, 0.3) is 5.56 Å². The zero-order valence-electron chi connectivity index (χ0n) is 62.9. The first-order chi connectivity index (χ1) is 52.9. The second kappa shape index (κ2) is 45.9. The molecule has 0 fully saturated rings. The molecule has 0 bridgehead atoms. The largest absolute Gasteiger partial charge is 0.510 e. The second-order valence-electron chi connectivity index (χ2n) is 25.6. The molecule has 0 saturated carbocycles. The molecule has 0 spiro atoms. The lowest BCUT2D eigenvalue weighted by Crippen LogP contribution is -2.47. The Bertz CT molecular complexity index is 4230. The topological polar surface area (TPSA) is 432 Å². The maximum atomic E-state index is 14.5.